The number of Topliss-reactive ketones (excluding diaryl/α,β-unsaturated/α-hetero) is 1. The second-order valence-electron chi connectivity index (χ2n) is 5.89. The van der Waals surface area contributed by atoms with Crippen molar-refractivity contribution in [3.8, 4) is 0 Å². The van der Waals surface area contributed by atoms with Crippen LogP contribution in [0.4, 0.5) is 4.39 Å². The fraction of sp³-hybridized carbons (Fsp3) is 0.316. The Morgan fingerprint density at radius 2 is 1.85 bits per heavy atom. The first-order chi connectivity index (χ1) is 12.7. The molecule has 2 rings (SSSR count). The first-order valence-electron chi connectivity index (χ1n) is 8.13. The van der Waals surface area contributed by atoms with Crippen LogP contribution in [0.5, 0.6) is 0 Å². The first-order valence-corrected chi connectivity index (χ1v) is 8.51. The summed E-state index contributed by atoms with van der Waals surface area (Å²) < 4.78 is 24.5. The van der Waals surface area contributed by atoms with Crippen LogP contribution in [-0.4, -0.2) is 36.0 Å². The van der Waals surface area contributed by atoms with Gasteiger partial charge in [-0.25, -0.2) is 9.18 Å². The quantitative estimate of drug-likeness (QED) is 0.530. The highest BCUT2D eigenvalue weighted by Gasteiger charge is 2.19. The molecule has 0 saturated heterocycles. The zero-order valence-electron chi connectivity index (χ0n) is 15.2. The average Bonchev–Trinajstić information content (AvgIpc) is 2.91. The Morgan fingerprint density at radius 1 is 1.15 bits per heavy atom. The molecule has 0 unspecified atom stereocenters. The Morgan fingerprint density at radius 3 is 2.48 bits per heavy atom. The predicted octanol–water partition coefficient (Wildman–Crippen LogP) is 3.50. The number of esters is 2. The first kappa shape index (κ1) is 20.6. The molecule has 0 fully saturated rings. The lowest BCUT2D eigenvalue weighted by molar-refractivity contribution is -0.140. The third-order valence-electron chi connectivity index (χ3n) is 4.13. The van der Waals surface area contributed by atoms with Crippen LogP contribution in [-0.2, 0) is 20.8 Å². The van der Waals surface area contributed by atoms with Crippen molar-refractivity contribution in [3.05, 3.63) is 57.6 Å². The van der Waals surface area contributed by atoms with Gasteiger partial charge in [0.1, 0.15) is 5.82 Å². The van der Waals surface area contributed by atoms with Gasteiger partial charge in [0.25, 0.3) is 0 Å². The second kappa shape index (κ2) is 8.81. The Hall–Kier alpha value is -2.67. The molecular formula is C19H19ClFNO5. The van der Waals surface area contributed by atoms with E-state index in [1.807, 2.05) is 11.5 Å². The molecule has 0 aliphatic heterocycles. The van der Waals surface area contributed by atoms with Crippen molar-refractivity contribution in [3.63, 3.8) is 0 Å². The van der Waals surface area contributed by atoms with E-state index in [9.17, 15) is 18.8 Å². The molecule has 1 aromatic carbocycles. The maximum absolute atomic E-state index is 13.0. The molecule has 0 aliphatic carbocycles. The van der Waals surface area contributed by atoms with Crippen LogP contribution >= 0.6 is 11.6 Å². The highest BCUT2D eigenvalue weighted by molar-refractivity contribution is 6.33. The summed E-state index contributed by atoms with van der Waals surface area (Å²) in [5.74, 6) is -2.13. The molecule has 0 amide bonds. The van der Waals surface area contributed by atoms with Crippen molar-refractivity contribution in [2.24, 2.45) is 0 Å². The molecule has 1 aromatic heterocycles. The van der Waals surface area contributed by atoms with Crippen molar-refractivity contribution >= 4 is 29.3 Å². The van der Waals surface area contributed by atoms with E-state index < -0.39 is 18.4 Å². The molecule has 0 bridgehead atoms. The van der Waals surface area contributed by atoms with Crippen molar-refractivity contribution < 1.29 is 28.2 Å². The summed E-state index contributed by atoms with van der Waals surface area (Å²) in [4.78, 5) is 35.8. The number of hydrogen-bond donors (Lipinski definition) is 0. The summed E-state index contributed by atoms with van der Waals surface area (Å²) in [5, 5.41) is -0.0894. The standard InChI is InChI=1S/C19H19ClFNO5/c1-11-8-15(12(2)22(11)7-6-18(24)26-3)17(23)10-27-19(25)14-5-4-13(21)9-16(14)20/h4-5,8-9H,6-7,10H2,1-3H3. The molecule has 2 aromatic rings. The van der Waals surface area contributed by atoms with Crippen LogP contribution < -0.4 is 0 Å². The fourth-order valence-electron chi connectivity index (χ4n) is 2.67. The van der Waals surface area contributed by atoms with E-state index >= 15 is 0 Å². The molecule has 0 atom stereocenters. The van der Waals surface area contributed by atoms with Gasteiger partial charge in [0.15, 0.2) is 6.61 Å². The highest BCUT2D eigenvalue weighted by Crippen LogP contribution is 2.19. The predicted molar refractivity (Wildman–Crippen MR) is 96.6 cm³/mol. The van der Waals surface area contributed by atoms with Crippen molar-refractivity contribution in [2.45, 2.75) is 26.8 Å². The molecule has 144 valence electrons. The van der Waals surface area contributed by atoms with Crippen LogP contribution in [0.25, 0.3) is 0 Å². The summed E-state index contributed by atoms with van der Waals surface area (Å²) in [7, 11) is 1.31. The van der Waals surface area contributed by atoms with Gasteiger partial charge in [-0.2, -0.15) is 0 Å². The van der Waals surface area contributed by atoms with Gasteiger partial charge in [0.2, 0.25) is 5.78 Å². The van der Waals surface area contributed by atoms with E-state index in [0.717, 1.165) is 17.8 Å². The number of carbonyl (C=O) groups excluding carboxylic acids is 3. The zero-order valence-corrected chi connectivity index (χ0v) is 15.9. The van der Waals surface area contributed by atoms with Crippen LogP contribution in [0, 0.1) is 19.7 Å². The monoisotopic (exact) mass is 395 g/mol. The fourth-order valence-corrected chi connectivity index (χ4v) is 2.92. The Labute approximate surface area is 160 Å². The van der Waals surface area contributed by atoms with Gasteiger partial charge >= 0.3 is 11.9 Å². The second-order valence-corrected chi connectivity index (χ2v) is 6.29. The lowest BCUT2D eigenvalue weighted by Crippen LogP contribution is -2.16. The third kappa shape index (κ3) is 4.95. The van der Waals surface area contributed by atoms with E-state index in [1.165, 1.54) is 13.2 Å². The molecular weight excluding hydrogens is 377 g/mol. The number of rotatable bonds is 7. The summed E-state index contributed by atoms with van der Waals surface area (Å²) in [6, 6.07) is 4.95. The maximum atomic E-state index is 13.0. The van der Waals surface area contributed by atoms with E-state index in [4.69, 9.17) is 16.3 Å². The molecule has 0 N–H and O–H groups in total. The van der Waals surface area contributed by atoms with E-state index in [2.05, 4.69) is 4.74 Å². The van der Waals surface area contributed by atoms with Crippen LogP contribution in [0.3, 0.4) is 0 Å². The topological polar surface area (TPSA) is 74.6 Å². The highest BCUT2D eigenvalue weighted by atomic mass is 35.5. The zero-order chi connectivity index (χ0) is 20.1. The molecule has 0 spiro atoms. The molecule has 0 aliphatic rings. The lowest BCUT2D eigenvalue weighted by Gasteiger charge is -2.09. The van der Waals surface area contributed by atoms with Gasteiger partial charge in [0.05, 0.1) is 24.1 Å². The van der Waals surface area contributed by atoms with Gasteiger partial charge in [-0.1, -0.05) is 11.6 Å². The number of ketones is 1. The van der Waals surface area contributed by atoms with Gasteiger partial charge in [-0.3, -0.25) is 9.59 Å². The SMILES string of the molecule is COC(=O)CCn1c(C)cc(C(=O)COC(=O)c2ccc(F)cc2Cl)c1C. The van der Waals surface area contributed by atoms with E-state index in [1.54, 1.807) is 13.0 Å². The average molecular weight is 396 g/mol. The van der Waals surface area contributed by atoms with Crippen LogP contribution in [0.1, 0.15) is 38.5 Å². The van der Waals surface area contributed by atoms with Gasteiger partial charge in [0, 0.05) is 23.5 Å². The largest absolute Gasteiger partial charge is 0.469 e. The van der Waals surface area contributed by atoms with Crippen LogP contribution in [0.2, 0.25) is 5.02 Å². The van der Waals surface area contributed by atoms with Crippen LogP contribution in [0.15, 0.2) is 24.3 Å². The minimum atomic E-state index is -0.812. The number of carbonyl (C=O) groups is 3. The third-order valence-corrected chi connectivity index (χ3v) is 4.44. The summed E-state index contributed by atoms with van der Waals surface area (Å²) >= 11 is 5.81. The number of ether oxygens (including phenoxy) is 2. The van der Waals surface area contributed by atoms with Gasteiger partial charge in [-0.05, 0) is 38.1 Å². The minimum absolute atomic E-state index is 0.0191. The van der Waals surface area contributed by atoms with Crippen molar-refractivity contribution in [1.82, 2.24) is 4.57 Å². The number of methoxy groups -OCH3 is 1. The number of aryl methyl sites for hydroxylation is 1. The normalized spacial score (nSPS) is 10.6. The number of benzene rings is 1. The van der Waals surface area contributed by atoms with E-state index in [0.29, 0.717) is 17.8 Å². The van der Waals surface area contributed by atoms with Gasteiger partial charge < -0.3 is 14.0 Å². The molecule has 0 radical (unpaired) electrons. The molecule has 0 saturated carbocycles. The maximum Gasteiger partial charge on any atom is 0.340 e. The Balaban J connectivity index is 2.05. The minimum Gasteiger partial charge on any atom is -0.469 e. The molecule has 6 nitrogen and oxygen atoms in total. The van der Waals surface area contributed by atoms with Crippen molar-refractivity contribution in [1.29, 1.82) is 0 Å². The number of halogens is 2. The molecule has 1 heterocycles. The molecule has 27 heavy (non-hydrogen) atoms. The summed E-state index contributed by atoms with van der Waals surface area (Å²) in [5.41, 5.74) is 1.84. The number of nitrogens with zero attached hydrogens (tertiary/aromatic N) is 1. The molecule has 8 heteroatoms. The Kier molecular flexibility index (Phi) is 6.74. The summed E-state index contributed by atoms with van der Waals surface area (Å²) in [6.45, 7) is 3.46. The lowest BCUT2D eigenvalue weighted by atomic mass is 10.1. The summed E-state index contributed by atoms with van der Waals surface area (Å²) in [6.07, 6.45) is 0.179. The van der Waals surface area contributed by atoms with E-state index in [-0.39, 0.29) is 28.8 Å². The smallest absolute Gasteiger partial charge is 0.340 e. The number of hydrogen-bond acceptors (Lipinski definition) is 5. The number of aromatic nitrogens is 1. The van der Waals surface area contributed by atoms with Gasteiger partial charge in [-0.15, -0.1) is 0 Å². The Bertz CT molecular complexity index is 890. The van der Waals surface area contributed by atoms with Crippen molar-refractivity contribution in [2.75, 3.05) is 13.7 Å².